The predicted octanol–water partition coefficient (Wildman–Crippen LogP) is 3.70. The Hall–Kier alpha value is -0.930. The van der Waals surface area contributed by atoms with Crippen LogP contribution in [0, 0.1) is 5.82 Å². The van der Waals surface area contributed by atoms with Gasteiger partial charge in [-0.05, 0) is 50.4 Å². The molecule has 0 radical (unpaired) electrons. The van der Waals surface area contributed by atoms with E-state index in [0.29, 0.717) is 0 Å². The lowest BCUT2D eigenvalue weighted by molar-refractivity contribution is -0.0609. The summed E-state index contributed by atoms with van der Waals surface area (Å²) in [5, 5.41) is 3.57. The summed E-state index contributed by atoms with van der Waals surface area (Å²) in [6, 6.07) is 7.19. The molecular formula is C17H26FNO. The average molecular weight is 279 g/mol. The summed E-state index contributed by atoms with van der Waals surface area (Å²) < 4.78 is 19.5. The van der Waals surface area contributed by atoms with Crippen molar-refractivity contribution in [1.82, 2.24) is 5.32 Å². The van der Waals surface area contributed by atoms with Gasteiger partial charge in [-0.1, -0.05) is 31.9 Å². The topological polar surface area (TPSA) is 21.3 Å². The Morgan fingerprint density at radius 1 is 1.30 bits per heavy atom. The molecule has 0 saturated heterocycles. The summed E-state index contributed by atoms with van der Waals surface area (Å²) in [5.41, 5.74) is 0.971. The Morgan fingerprint density at radius 2 is 2.05 bits per heavy atom. The Kier molecular flexibility index (Phi) is 5.55. The third kappa shape index (κ3) is 3.58. The first-order valence-electron chi connectivity index (χ1n) is 7.82. The second-order valence-corrected chi connectivity index (χ2v) is 5.65. The zero-order valence-electron chi connectivity index (χ0n) is 12.6. The van der Waals surface area contributed by atoms with Crippen LogP contribution in [0.2, 0.25) is 0 Å². The fourth-order valence-electron chi connectivity index (χ4n) is 3.44. The molecule has 1 unspecified atom stereocenters. The van der Waals surface area contributed by atoms with Crippen LogP contribution in [0.4, 0.5) is 4.39 Å². The van der Waals surface area contributed by atoms with E-state index in [0.717, 1.165) is 38.0 Å². The molecule has 20 heavy (non-hydrogen) atoms. The first-order chi connectivity index (χ1) is 9.70. The molecule has 1 aliphatic rings. The Balaban J connectivity index is 2.16. The molecule has 0 aliphatic heterocycles. The van der Waals surface area contributed by atoms with Crippen molar-refractivity contribution in [2.24, 2.45) is 0 Å². The summed E-state index contributed by atoms with van der Waals surface area (Å²) in [6.07, 6.45) is 5.49. The SMILES string of the molecule is CCNC(Cc1cccc(F)c1)C1(OCC)CCCC1. The van der Waals surface area contributed by atoms with Gasteiger partial charge >= 0.3 is 0 Å². The minimum absolute atomic E-state index is 0.0723. The van der Waals surface area contributed by atoms with E-state index in [1.807, 2.05) is 6.07 Å². The number of hydrogen-bond donors (Lipinski definition) is 1. The molecule has 0 bridgehead atoms. The van der Waals surface area contributed by atoms with E-state index >= 15 is 0 Å². The van der Waals surface area contributed by atoms with Crippen molar-refractivity contribution in [2.45, 2.75) is 57.6 Å². The minimum atomic E-state index is -0.158. The smallest absolute Gasteiger partial charge is 0.123 e. The second-order valence-electron chi connectivity index (χ2n) is 5.65. The number of benzene rings is 1. The zero-order valence-corrected chi connectivity index (χ0v) is 12.6. The molecule has 0 amide bonds. The maximum Gasteiger partial charge on any atom is 0.123 e. The molecule has 1 saturated carbocycles. The molecule has 2 rings (SSSR count). The standard InChI is InChI=1S/C17H26FNO/c1-3-19-16(13-14-8-7-9-15(18)12-14)17(20-4-2)10-5-6-11-17/h7-9,12,16,19H,3-6,10-11,13H2,1-2H3. The molecule has 2 nitrogen and oxygen atoms in total. The summed E-state index contributed by atoms with van der Waals surface area (Å²) >= 11 is 0. The Labute approximate surface area is 121 Å². The van der Waals surface area contributed by atoms with Gasteiger partial charge in [0.1, 0.15) is 5.82 Å². The highest BCUT2D eigenvalue weighted by atomic mass is 19.1. The monoisotopic (exact) mass is 279 g/mol. The number of hydrogen-bond acceptors (Lipinski definition) is 2. The summed E-state index contributed by atoms with van der Waals surface area (Å²) in [7, 11) is 0. The van der Waals surface area contributed by atoms with Crippen LogP contribution in [0.3, 0.4) is 0 Å². The fraction of sp³-hybridized carbons (Fsp3) is 0.647. The lowest BCUT2D eigenvalue weighted by atomic mass is 9.87. The molecule has 1 atom stereocenters. The van der Waals surface area contributed by atoms with Crippen molar-refractivity contribution in [2.75, 3.05) is 13.2 Å². The first kappa shape index (κ1) is 15.5. The van der Waals surface area contributed by atoms with E-state index in [2.05, 4.69) is 19.2 Å². The molecule has 3 heteroatoms. The van der Waals surface area contributed by atoms with Crippen LogP contribution >= 0.6 is 0 Å². The first-order valence-corrected chi connectivity index (χ1v) is 7.82. The van der Waals surface area contributed by atoms with Gasteiger partial charge in [0, 0.05) is 12.6 Å². The average Bonchev–Trinajstić information content (AvgIpc) is 2.89. The molecule has 112 valence electrons. The zero-order chi connectivity index (χ0) is 14.4. The van der Waals surface area contributed by atoms with E-state index in [1.165, 1.54) is 18.9 Å². The Bertz CT molecular complexity index is 415. The van der Waals surface area contributed by atoms with E-state index < -0.39 is 0 Å². The maximum absolute atomic E-state index is 13.4. The summed E-state index contributed by atoms with van der Waals surface area (Å²) in [4.78, 5) is 0. The van der Waals surface area contributed by atoms with Crippen LogP contribution in [0.1, 0.15) is 45.1 Å². The summed E-state index contributed by atoms with van der Waals surface area (Å²) in [5.74, 6) is -0.158. The lowest BCUT2D eigenvalue weighted by Crippen LogP contribution is -2.52. The van der Waals surface area contributed by atoms with Crippen LogP contribution in [-0.2, 0) is 11.2 Å². The van der Waals surface area contributed by atoms with E-state index in [4.69, 9.17) is 4.74 Å². The predicted molar refractivity (Wildman–Crippen MR) is 80.4 cm³/mol. The van der Waals surface area contributed by atoms with Crippen molar-refractivity contribution >= 4 is 0 Å². The van der Waals surface area contributed by atoms with Gasteiger partial charge in [0.2, 0.25) is 0 Å². The highest BCUT2D eigenvalue weighted by Gasteiger charge is 2.41. The molecule has 0 aromatic heterocycles. The van der Waals surface area contributed by atoms with Crippen molar-refractivity contribution in [3.8, 4) is 0 Å². The molecule has 0 spiro atoms. The number of nitrogens with one attached hydrogen (secondary N) is 1. The van der Waals surface area contributed by atoms with Gasteiger partial charge in [0.25, 0.3) is 0 Å². The lowest BCUT2D eigenvalue weighted by Gasteiger charge is -2.38. The van der Waals surface area contributed by atoms with Gasteiger partial charge < -0.3 is 10.1 Å². The molecule has 1 aromatic carbocycles. The molecule has 0 heterocycles. The van der Waals surface area contributed by atoms with Gasteiger partial charge in [-0.25, -0.2) is 4.39 Å². The van der Waals surface area contributed by atoms with Gasteiger partial charge in [-0.2, -0.15) is 0 Å². The van der Waals surface area contributed by atoms with Crippen LogP contribution in [0.5, 0.6) is 0 Å². The van der Waals surface area contributed by atoms with Crippen molar-refractivity contribution in [3.05, 3.63) is 35.6 Å². The molecular weight excluding hydrogens is 253 g/mol. The highest BCUT2D eigenvalue weighted by molar-refractivity contribution is 5.19. The van der Waals surface area contributed by atoms with E-state index in [1.54, 1.807) is 12.1 Å². The Morgan fingerprint density at radius 3 is 2.65 bits per heavy atom. The quantitative estimate of drug-likeness (QED) is 0.822. The minimum Gasteiger partial charge on any atom is -0.374 e. The fourth-order valence-corrected chi connectivity index (χ4v) is 3.44. The van der Waals surface area contributed by atoms with E-state index in [-0.39, 0.29) is 17.5 Å². The normalized spacial score (nSPS) is 19.1. The second kappa shape index (κ2) is 7.19. The number of likely N-dealkylation sites (N-methyl/N-ethyl adjacent to an activating group) is 1. The van der Waals surface area contributed by atoms with Crippen LogP contribution in [0.15, 0.2) is 24.3 Å². The highest BCUT2D eigenvalue weighted by Crippen LogP contribution is 2.37. The molecule has 1 N–H and O–H groups in total. The largest absolute Gasteiger partial charge is 0.374 e. The number of rotatable bonds is 7. The third-order valence-electron chi connectivity index (χ3n) is 4.30. The maximum atomic E-state index is 13.4. The molecule has 1 aromatic rings. The van der Waals surface area contributed by atoms with Crippen molar-refractivity contribution in [3.63, 3.8) is 0 Å². The molecule has 1 fully saturated rings. The van der Waals surface area contributed by atoms with E-state index in [9.17, 15) is 4.39 Å². The van der Waals surface area contributed by atoms with Crippen LogP contribution in [-0.4, -0.2) is 24.8 Å². The number of ether oxygens (including phenoxy) is 1. The van der Waals surface area contributed by atoms with Gasteiger partial charge in [-0.15, -0.1) is 0 Å². The third-order valence-corrected chi connectivity index (χ3v) is 4.30. The van der Waals surface area contributed by atoms with Gasteiger partial charge in [0.15, 0.2) is 0 Å². The van der Waals surface area contributed by atoms with Crippen molar-refractivity contribution in [1.29, 1.82) is 0 Å². The molecule has 1 aliphatic carbocycles. The van der Waals surface area contributed by atoms with Crippen LogP contribution in [0.25, 0.3) is 0 Å². The number of halogens is 1. The van der Waals surface area contributed by atoms with Gasteiger partial charge in [0.05, 0.1) is 5.60 Å². The van der Waals surface area contributed by atoms with Crippen molar-refractivity contribution < 1.29 is 9.13 Å². The summed E-state index contributed by atoms with van der Waals surface area (Å²) in [6.45, 7) is 5.83. The van der Waals surface area contributed by atoms with Gasteiger partial charge in [-0.3, -0.25) is 0 Å². The van der Waals surface area contributed by atoms with Crippen LogP contribution < -0.4 is 5.32 Å².